The van der Waals surface area contributed by atoms with Gasteiger partial charge in [0.05, 0.1) is 0 Å². The van der Waals surface area contributed by atoms with Crippen LogP contribution in [0.4, 0.5) is 5.82 Å². The van der Waals surface area contributed by atoms with E-state index in [1.165, 1.54) is 0 Å². The number of piperidine rings is 1. The van der Waals surface area contributed by atoms with Gasteiger partial charge in [0.25, 0.3) is 5.91 Å². The molecule has 0 bridgehead atoms. The van der Waals surface area contributed by atoms with Crippen molar-refractivity contribution in [2.24, 2.45) is 0 Å². The summed E-state index contributed by atoms with van der Waals surface area (Å²) in [5, 5.41) is 6.13. The minimum absolute atomic E-state index is 0.225. The van der Waals surface area contributed by atoms with E-state index < -0.39 is 0 Å². The molecule has 0 spiro atoms. The Balaban J connectivity index is 1.75. The maximum absolute atomic E-state index is 12.3. The fraction of sp³-hybridized carbons (Fsp3) is 0.400. The maximum Gasteiger partial charge on any atom is 0.277 e. The Hall–Kier alpha value is -2.21. The lowest BCUT2D eigenvalue weighted by atomic mass is 9.99. The summed E-state index contributed by atoms with van der Waals surface area (Å²) < 4.78 is 0. The zero-order valence-corrected chi connectivity index (χ0v) is 12.0. The van der Waals surface area contributed by atoms with Gasteiger partial charge in [-0.1, -0.05) is 6.07 Å². The van der Waals surface area contributed by atoms with E-state index in [-0.39, 0.29) is 5.91 Å². The molecule has 1 atom stereocenters. The summed E-state index contributed by atoms with van der Waals surface area (Å²) in [6.07, 6.45) is 3.88. The molecule has 1 aliphatic heterocycles. The van der Waals surface area contributed by atoms with Crippen molar-refractivity contribution in [1.82, 2.24) is 20.3 Å². The number of hydrogen-bond donors (Lipinski definition) is 3. The van der Waals surface area contributed by atoms with Crippen LogP contribution in [0.15, 0.2) is 24.4 Å². The van der Waals surface area contributed by atoms with E-state index in [0.717, 1.165) is 37.4 Å². The number of carbonyl (C=O) groups is 1. The normalized spacial score (nSPS) is 18.4. The Morgan fingerprint density at radius 1 is 1.43 bits per heavy atom. The minimum Gasteiger partial charge on any atom is -0.345 e. The molecule has 0 saturated carbocycles. The van der Waals surface area contributed by atoms with Gasteiger partial charge < -0.3 is 15.6 Å². The van der Waals surface area contributed by atoms with Gasteiger partial charge in [0.15, 0.2) is 0 Å². The SMILES string of the molecule is Cc1[nH]c([C@H]2CCCNC2)nc1C(=O)Nc1ccccn1. The third kappa shape index (κ3) is 3.11. The van der Waals surface area contributed by atoms with E-state index in [1.807, 2.05) is 19.1 Å². The van der Waals surface area contributed by atoms with E-state index in [1.54, 1.807) is 12.3 Å². The van der Waals surface area contributed by atoms with Crippen LogP contribution < -0.4 is 10.6 Å². The summed E-state index contributed by atoms with van der Waals surface area (Å²) in [6.45, 7) is 3.84. The standard InChI is InChI=1S/C15H19N5O/c1-10-13(15(21)19-12-6-2-3-8-17-12)20-14(18-10)11-5-4-7-16-9-11/h2-3,6,8,11,16H,4-5,7,9H2,1H3,(H,18,20)(H,17,19,21)/t11-/m0/s1. The Bertz CT molecular complexity index is 616. The number of aromatic amines is 1. The zero-order valence-electron chi connectivity index (χ0n) is 12.0. The number of carbonyl (C=O) groups excluding carboxylic acids is 1. The van der Waals surface area contributed by atoms with Crippen LogP contribution in [0.3, 0.4) is 0 Å². The van der Waals surface area contributed by atoms with E-state index in [0.29, 0.717) is 17.4 Å². The Kier molecular flexibility index (Phi) is 3.96. The van der Waals surface area contributed by atoms with Crippen LogP contribution in [0, 0.1) is 6.92 Å². The molecule has 0 aliphatic carbocycles. The number of rotatable bonds is 3. The zero-order chi connectivity index (χ0) is 14.7. The lowest BCUT2D eigenvalue weighted by molar-refractivity contribution is 0.102. The molecule has 1 fully saturated rings. The van der Waals surface area contributed by atoms with Crippen LogP contribution in [0.5, 0.6) is 0 Å². The molecule has 1 saturated heterocycles. The lowest BCUT2D eigenvalue weighted by Crippen LogP contribution is -2.29. The number of nitrogens with zero attached hydrogens (tertiary/aromatic N) is 2. The van der Waals surface area contributed by atoms with E-state index >= 15 is 0 Å². The molecule has 0 aromatic carbocycles. The predicted octanol–water partition coefficient (Wildman–Crippen LogP) is 1.83. The highest BCUT2D eigenvalue weighted by Crippen LogP contribution is 2.22. The second-order valence-electron chi connectivity index (χ2n) is 5.31. The van der Waals surface area contributed by atoms with Gasteiger partial charge >= 0.3 is 0 Å². The molecule has 2 aromatic heterocycles. The first-order chi connectivity index (χ1) is 10.2. The second kappa shape index (κ2) is 6.05. The fourth-order valence-corrected chi connectivity index (χ4v) is 2.60. The number of H-pyrrole nitrogens is 1. The summed E-state index contributed by atoms with van der Waals surface area (Å²) in [6, 6.07) is 5.40. The Morgan fingerprint density at radius 2 is 2.33 bits per heavy atom. The number of amides is 1. The molecule has 2 aromatic rings. The second-order valence-corrected chi connectivity index (χ2v) is 5.31. The number of aromatic nitrogens is 3. The number of pyridine rings is 1. The van der Waals surface area contributed by atoms with Gasteiger partial charge in [0.1, 0.15) is 17.3 Å². The molecule has 3 rings (SSSR count). The quantitative estimate of drug-likeness (QED) is 0.803. The monoisotopic (exact) mass is 285 g/mol. The topological polar surface area (TPSA) is 82.7 Å². The molecule has 0 radical (unpaired) electrons. The van der Waals surface area contributed by atoms with Crippen LogP contribution in [-0.2, 0) is 0 Å². The summed E-state index contributed by atoms with van der Waals surface area (Å²) in [5.74, 6) is 1.56. The summed E-state index contributed by atoms with van der Waals surface area (Å²) in [5.41, 5.74) is 1.24. The first-order valence-corrected chi connectivity index (χ1v) is 7.23. The number of aryl methyl sites for hydroxylation is 1. The van der Waals surface area contributed by atoms with Gasteiger partial charge in [-0.25, -0.2) is 9.97 Å². The van der Waals surface area contributed by atoms with Gasteiger partial charge in [-0.3, -0.25) is 4.79 Å². The van der Waals surface area contributed by atoms with Gasteiger partial charge in [-0.05, 0) is 38.4 Å². The third-order valence-electron chi connectivity index (χ3n) is 3.71. The third-order valence-corrected chi connectivity index (χ3v) is 3.71. The van der Waals surface area contributed by atoms with Crippen molar-refractivity contribution >= 4 is 11.7 Å². The van der Waals surface area contributed by atoms with E-state index in [4.69, 9.17) is 0 Å². The van der Waals surface area contributed by atoms with Crippen molar-refractivity contribution in [3.05, 3.63) is 41.6 Å². The highest BCUT2D eigenvalue weighted by Gasteiger charge is 2.22. The molecule has 3 N–H and O–H groups in total. The molecular weight excluding hydrogens is 266 g/mol. The van der Waals surface area contributed by atoms with Gasteiger partial charge in [-0.15, -0.1) is 0 Å². The molecule has 6 heteroatoms. The van der Waals surface area contributed by atoms with Gasteiger partial charge in [0.2, 0.25) is 0 Å². The molecule has 21 heavy (non-hydrogen) atoms. The molecule has 6 nitrogen and oxygen atoms in total. The highest BCUT2D eigenvalue weighted by molar-refractivity contribution is 6.03. The Morgan fingerprint density at radius 3 is 3.05 bits per heavy atom. The van der Waals surface area contributed by atoms with Crippen LogP contribution in [0.25, 0.3) is 0 Å². The predicted molar refractivity (Wildman–Crippen MR) is 80.4 cm³/mol. The van der Waals surface area contributed by atoms with Crippen molar-refractivity contribution in [3.63, 3.8) is 0 Å². The van der Waals surface area contributed by atoms with Crippen molar-refractivity contribution in [1.29, 1.82) is 0 Å². The van der Waals surface area contributed by atoms with Gasteiger partial charge in [0, 0.05) is 24.4 Å². The Labute approximate surface area is 123 Å². The molecule has 1 aliphatic rings. The van der Waals surface area contributed by atoms with Crippen LogP contribution in [-0.4, -0.2) is 33.9 Å². The summed E-state index contributed by atoms with van der Waals surface area (Å²) in [7, 11) is 0. The highest BCUT2D eigenvalue weighted by atomic mass is 16.2. The average molecular weight is 285 g/mol. The largest absolute Gasteiger partial charge is 0.345 e. The summed E-state index contributed by atoms with van der Waals surface area (Å²) >= 11 is 0. The average Bonchev–Trinajstić information content (AvgIpc) is 2.91. The molecule has 1 amide bonds. The smallest absolute Gasteiger partial charge is 0.277 e. The molecule has 0 unspecified atom stereocenters. The minimum atomic E-state index is -0.225. The first-order valence-electron chi connectivity index (χ1n) is 7.23. The maximum atomic E-state index is 12.3. The van der Waals surface area contributed by atoms with E-state index in [2.05, 4.69) is 25.6 Å². The number of anilines is 1. The first kappa shape index (κ1) is 13.8. The fourth-order valence-electron chi connectivity index (χ4n) is 2.60. The number of imidazole rings is 1. The van der Waals surface area contributed by atoms with Crippen LogP contribution in [0.1, 0.15) is 40.8 Å². The number of hydrogen-bond acceptors (Lipinski definition) is 4. The van der Waals surface area contributed by atoms with Crippen molar-refractivity contribution in [3.8, 4) is 0 Å². The van der Waals surface area contributed by atoms with Crippen LogP contribution >= 0.6 is 0 Å². The molecule has 3 heterocycles. The van der Waals surface area contributed by atoms with Crippen molar-refractivity contribution < 1.29 is 4.79 Å². The number of nitrogens with one attached hydrogen (secondary N) is 3. The van der Waals surface area contributed by atoms with Crippen molar-refractivity contribution in [2.45, 2.75) is 25.7 Å². The lowest BCUT2D eigenvalue weighted by Gasteiger charge is -2.20. The van der Waals surface area contributed by atoms with Crippen LogP contribution in [0.2, 0.25) is 0 Å². The van der Waals surface area contributed by atoms with E-state index in [9.17, 15) is 4.79 Å². The van der Waals surface area contributed by atoms with Gasteiger partial charge in [-0.2, -0.15) is 0 Å². The molecule has 110 valence electrons. The summed E-state index contributed by atoms with van der Waals surface area (Å²) in [4.78, 5) is 24.1. The van der Waals surface area contributed by atoms with Crippen molar-refractivity contribution in [2.75, 3.05) is 18.4 Å². The molecular formula is C15H19N5O.